The fourth-order valence-electron chi connectivity index (χ4n) is 2.78. The van der Waals surface area contributed by atoms with Gasteiger partial charge in [-0.1, -0.05) is 26.7 Å². The van der Waals surface area contributed by atoms with Gasteiger partial charge in [0.05, 0.1) is 12.1 Å². The standard InChI is InChI=1S/C15H26N4O/c1-10(2)12-17-13(16-4)11(3)14(18-12)19-15(9-20)7-5-6-8-15/h10,20H,5-9H2,1-4H3,(H2,16,17,18,19). The average Bonchev–Trinajstić information content (AvgIpc) is 2.90. The number of rotatable bonds is 5. The molecule has 2 rings (SSSR count). The van der Waals surface area contributed by atoms with Crippen LogP contribution in [-0.4, -0.2) is 34.3 Å². The topological polar surface area (TPSA) is 70.1 Å². The lowest BCUT2D eigenvalue weighted by molar-refractivity contribution is 0.213. The van der Waals surface area contributed by atoms with Crippen LogP contribution >= 0.6 is 0 Å². The van der Waals surface area contributed by atoms with Gasteiger partial charge in [0.2, 0.25) is 0 Å². The summed E-state index contributed by atoms with van der Waals surface area (Å²) in [6, 6.07) is 0. The van der Waals surface area contributed by atoms with Crippen molar-refractivity contribution in [1.29, 1.82) is 0 Å². The van der Waals surface area contributed by atoms with Crippen molar-refractivity contribution in [2.45, 2.75) is 57.9 Å². The van der Waals surface area contributed by atoms with Gasteiger partial charge in [0.15, 0.2) is 0 Å². The van der Waals surface area contributed by atoms with Crippen molar-refractivity contribution in [2.75, 3.05) is 24.3 Å². The average molecular weight is 278 g/mol. The van der Waals surface area contributed by atoms with Crippen LogP contribution in [0.2, 0.25) is 0 Å². The van der Waals surface area contributed by atoms with Crippen LogP contribution in [0.3, 0.4) is 0 Å². The predicted molar refractivity (Wildman–Crippen MR) is 82.3 cm³/mol. The molecule has 0 unspecified atom stereocenters. The molecule has 0 aromatic carbocycles. The number of hydrogen-bond donors (Lipinski definition) is 3. The van der Waals surface area contributed by atoms with Crippen molar-refractivity contribution in [3.8, 4) is 0 Å². The van der Waals surface area contributed by atoms with E-state index in [0.717, 1.165) is 48.7 Å². The minimum absolute atomic E-state index is 0.155. The fourth-order valence-corrected chi connectivity index (χ4v) is 2.78. The van der Waals surface area contributed by atoms with Gasteiger partial charge in [-0.05, 0) is 19.8 Å². The maximum Gasteiger partial charge on any atom is 0.135 e. The lowest BCUT2D eigenvalue weighted by Crippen LogP contribution is -2.39. The molecule has 0 radical (unpaired) electrons. The molecule has 0 bridgehead atoms. The summed E-state index contributed by atoms with van der Waals surface area (Å²) in [7, 11) is 1.88. The Bertz CT molecular complexity index is 467. The summed E-state index contributed by atoms with van der Waals surface area (Å²) in [5, 5.41) is 16.4. The van der Waals surface area contributed by atoms with Crippen molar-refractivity contribution in [1.82, 2.24) is 9.97 Å². The van der Waals surface area contributed by atoms with Crippen LogP contribution < -0.4 is 10.6 Å². The van der Waals surface area contributed by atoms with E-state index < -0.39 is 0 Å². The van der Waals surface area contributed by atoms with Gasteiger partial charge in [0.1, 0.15) is 17.5 Å². The van der Waals surface area contributed by atoms with Crippen molar-refractivity contribution >= 4 is 11.6 Å². The normalized spacial score (nSPS) is 17.5. The van der Waals surface area contributed by atoms with E-state index in [1.165, 1.54) is 0 Å². The number of nitrogens with one attached hydrogen (secondary N) is 2. The molecule has 0 atom stereocenters. The van der Waals surface area contributed by atoms with Gasteiger partial charge in [-0.2, -0.15) is 0 Å². The van der Waals surface area contributed by atoms with Crippen LogP contribution in [-0.2, 0) is 0 Å². The molecule has 0 amide bonds. The third-order valence-electron chi connectivity index (χ3n) is 4.16. The zero-order chi connectivity index (χ0) is 14.8. The lowest BCUT2D eigenvalue weighted by atomic mass is 9.98. The smallest absolute Gasteiger partial charge is 0.135 e. The Balaban J connectivity index is 2.37. The highest BCUT2D eigenvalue weighted by atomic mass is 16.3. The molecule has 1 saturated carbocycles. The number of aromatic nitrogens is 2. The summed E-state index contributed by atoms with van der Waals surface area (Å²) in [6.07, 6.45) is 4.32. The van der Waals surface area contributed by atoms with Gasteiger partial charge in [0.25, 0.3) is 0 Å². The minimum Gasteiger partial charge on any atom is -0.394 e. The molecule has 3 N–H and O–H groups in total. The first kappa shape index (κ1) is 15.0. The summed E-state index contributed by atoms with van der Waals surface area (Å²) >= 11 is 0. The van der Waals surface area contributed by atoms with E-state index >= 15 is 0 Å². The van der Waals surface area contributed by atoms with Crippen LogP contribution in [0.15, 0.2) is 0 Å². The Morgan fingerprint density at radius 3 is 2.30 bits per heavy atom. The maximum atomic E-state index is 9.75. The van der Waals surface area contributed by atoms with Crippen LogP contribution in [0.1, 0.15) is 56.8 Å². The molecule has 0 spiro atoms. The Labute approximate surface area is 121 Å². The van der Waals surface area contributed by atoms with Crippen molar-refractivity contribution in [3.05, 3.63) is 11.4 Å². The SMILES string of the molecule is CNc1nc(C(C)C)nc(NC2(CO)CCCC2)c1C. The first-order valence-corrected chi connectivity index (χ1v) is 7.46. The van der Waals surface area contributed by atoms with E-state index in [-0.39, 0.29) is 18.1 Å². The van der Waals surface area contributed by atoms with E-state index in [1.807, 2.05) is 14.0 Å². The van der Waals surface area contributed by atoms with E-state index in [1.54, 1.807) is 0 Å². The quantitative estimate of drug-likeness (QED) is 0.772. The van der Waals surface area contributed by atoms with Crippen LogP contribution in [0.5, 0.6) is 0 Å². The molecule has 0 aliphatic heterocycles. The molecule has 20 heavy (non-hydrogen) atoms. The highest BCUT2D eigenvalue weighted by molar-refractivity contribution is 5.58. The van der Waals surface area contributed by atoms with E-state index in [2.05, 4.69) is 34.4 Å². The van der Waals surface area contributed by atoms with E-state index in [9.17, 15) is 5.11 Å². The number of aliphatic hydroxyl groups is 1. The maximum absolute atomic E-state index is 9.75. The molecule has 1 heterocycles. The molecule has 0 saturated heterocycles. The minimum atomic E-state index is -0.210. The molecule has 1 aliphatic carbocycles. The largest absolute Gasteiger partial charge is 0.394 e. The second-order valence-electron chi connectivity index (χ2n) is 6.08. The molecule has 1 aromatic rings. The van der Waals surface area contributed by atoms with Gasteiger partial charge < -0.3 is 15.7 Å². The van der Waals surface area contributed by atoms with E-state index in [4.69, 9.17) is 0 Å². The molecule has 5 heteroatoms. The number of aliphatic hydroxyl groups excluding tert-OH is 1. The third-order valence-corrected chi connectivity index (χ3v) is 4.16. The number of anilines is 2. The highest BCUT2D eigenvalue weighted by Crippen LogP contribution is 2.34. The summed E-state index contributed by atoms with van der Waals surface area (Å²) in [5.41, 5.74) is 0.801. The monoisotopic (exact) mass is 278 g/mol. The molecular weight excluding hydrogens is 252 g/mol. The van der Waals surface area contributed by atoms with Crippen molar-refractivity contribution in [3.63, 3.8) is 0 Å². The number of nitrogens with zero attached hydrogens (tertiary/aromatic N) is 2. The van der Waals surface area contributed by atoms with Crippen LogP contribution in [0.4, 0.5) is 11.6 Å². The zero-order valence-electron chi connectivity index (χ0n) is 13.0. The van der Waals surface area contributed by atoms with Gasteiger partial charge >= 0.3 is 0 Å². The van der Waals surface area contributed by atoms with Crippen molar-refractivity contribution < 1.29 is 5.11 Å². The highest BCUT2D eigenvalue weighted by Gasteiger charge is 2.34. The van der Waals surface area contributed by atoms with Gasteiger partial charge in [-0.3, -0.25) is 0 Å². The first-order valence-electron chi connectivity index (χ1n) is 7.46. The zero-order valence-corrected chi connectivity index (χ0v) is 13.0. The molecule has 1 aliphatic rings. The summed E-state index contributed by atoms with van der Waals surface area (Å²) in [4.78, 5) is 9.21. The predicted octanol–water partition coefficient (Wildman–Crippen LogP) is 2.67. The van der Waals surface area contributed by atoms with Crippen LogP contribution in [0, 0.1) is 6.92 Å². The fraction of sp³-hybridized carbons (Fsp3) is 0.733. The molecule has 5 nitrogen and oxygen atoms in total. The van der Waals surface area contributed by atoms with Crippen LogP contribution in [0.25, 0.3) is 0 Å². The Kier molecular flexibility index (Phi) is 4.48. The lowest BCUT2D eigenvalue weighted by Gasteiger charge is -2.30. The summed E-state index contributed by atoms with van der Waals surface area (Å²) in [5.74, 6) is 2.81. The Morgan fingerprint density at radius 2 is 1.80 bits per heavy atom. The van der Waals surface area contributed by atoms with Gasteiger partial charge in [-0.15, -0.1) is 0 Å². The summed E-state index contributed by atoms with van der Waals surface area (Å²) < 4.78 is 0. The second-order valence-corrected chi connectivity index (χ2v) is 6.08. The van der Waals surface area contributed by atoms with E-state index in [0.29, 0.717) is 0 Å². The Hall–Kier alpha value is -1.36. The first-order chi connectivity index (χ1) is 9.51. The summed E-state index contributed by atoms with van der Waals surface area (Å²) in [6.45, 7) is 6.34. The third kappa shape index (κ3) is 2.87. The van der Waals surface area contributed by atoms with Gasteiger partial charge in [-0.25, -0.2) is 9.97 Å². The Morgan fingerprint density at radius 1 is 1.20 bits per heavy atom. The molecule has 1 fully saturated rings. The second kappa shape index (κ2) is 5.95. The molecule has 1 aromatic heterocycles. The number of hydrogen-bond acceptors (Lipinski definition) is 5. The van der Waals surface area contributed by atoms with Crippen molar-refractivity contribution in [2.24, 2.45) is 0 Å². The molecular formula is C15H26N4O. The molecule has 112 valence electrons. The van der Waals surface area contributed by atoms with Gasteiger partial charge in [0, 0.05) is 18.5 Å².